The van der Waals surface area contributed by atoms with Crippen molar-refractivity contribution in [2.75, 3.05) is 7.05 Å². The van der Waals surface area contributed by atoms with Crippen LogP contribution in [0.1, 0.15) is 30.0 Å². The molecule has 124 valence electrons. The molecule has 1 atom stereocenters. The molecule has 0 saturated carbocycles. The Morgan fingerprint density at radius 3 is 2.42 bits per heavy atom. The van der Waals surface area contributed by atoms with Crippen molar-refractivity contribution in [2.24, 2.45) is 0 Å². The van der Waals surface area contributed by atoms with Crippen molar-refractivity contribution < 1.29 is 4.52 Å². The van der Waals surface area contributed by atoms with Gasteiger partial charge in [-0.1, -0.05) is 46.6 Å². The van der Waals surface area contributed by atoms with E-state index in [1.165, 1.54) is 11.1 Å². The summed E-state index contributed by atoms with van der Waals surface area (Å²) in [4.78, 5) is 6.66. The summed E-state index contributed by atoms with van der Waals surface area (Å²) >= 11 is 5.91. The molecule has 0 saturated heterocycles. The third-order valence-electron chi connectivity index (χ3n) is 4.18. The van der Waals surface area contributed by atoms with Gasteiger partial charge in [0, 0.05) is 16.6 Å². The molecule has 5 heteroatoms. The Kier molecular flexibility index (Phi) is 4.97. The monoisotopic (exact) mass is 341 g/mol. The molecule has 0 N–H and O–H groups in total. The fourth-order valence-corrected chi connectivity index (χ4v) is 2.61. The maximum atomic E-state index is 5.91. The normalized spacial score (nSPS) is 12.5. The molecule has 2 aromatic carbocycles. The molecule has 0 spiro atoms. The number of hydrogen-bond acceptors (Lipinski definition) is 4. The van der Waals surface area contributed by atoms with Crippen molar-refractivity contribution in [2.45, 2.75) is 26.4 Å². The van der Waals surface area contributed by atoms with Gasteiger partial charge in [0.25, 0.3) is 0 Å². The summed E-state index contributed by atoms with van der Waals surface area (Å²) in [5, 5.41) is 4.75. The van der Waals surface area contributed by atoms with Crippen LogP contribution in [-0.2, 0) is 6.54 Å². The quantitative estimate of drug-likeness (QED) is 0.662. The first-order chi connectivity index (χ1) is 11.5. The van der Waals surface area contributed by atoms with Crippen molar-refractivity contribution in [3.63, 3.8) is 0 Å². The second-order valence-corrected chi connectivity index (χ2v) is 6.46. The minimum absolute atomic E-state index is 0.261. The van der Waals surface area contributed by atoms with E-state index in [9.17, 15) is 0 Å². The van der Waals surface area contributed by atoms with Gasteiger partial charge in [-0.3, -0.25) is 4.90 Å². The third-order valence-corrected chi connectivity index (χ3v) is 4.43. The average Bonchev–Trinajstić information content (AvgIpc) is 3.04. The van der Waals surface area contributed by atoms with E-state index in [0.717, 1.165) is 5.56 Å². The van der Waals surface area contributed by atoms with Crippen molar-refractivity contribution in [3.8, 4) is 11.4 Å². The minimum atomic E-state index is 0.261. The Morgan fingerprint density at radius 2 is 1.75 bits per heavy atom. The SMILES string of the molecule is Cc1ccc([C@@H](C)N(C)Cc2nc(-c3ccc(Cl)cc3)no2)cc1. The first-order valence-electron chi connectivity index (χ1n) is 7.88. The topological polar surface area (TPSA) is 42.2 Å². The summed E-state index contributed by atoms with van der Waals surface area (Å²) in [5.41, 5.74) is 3.42. The molecular weight excluding hydrogens is 322 g/mol. The van der Waals surface area contributed by atoms with Crippen LogP contribution in [0.4, 0.5) is 0 Å². The highest BCUT2D eigenvalue weighted by Gasteiger charge is 2.16. The zero-order valence-corrected chi connectivity index (χ0v) is 14.8. The van der Waals surface area contributed by atoms with Gasteiger partial charge in [0.15, 0.2) is 0 Å². The molecule has 1 aromatic heterocycles. The summed E-state index contributed by atoms with van der Waals surface area (Å²) < 4.78 is 5.39. The first kappa shape index (κ1) is 16.7. The highest BCUT2D eigenvalue weighted by molar-refractivity contribution is 6.30. The molecule has 0 fully saturated rings. The molecule has 0 aliphatic heterocycles. The predicted octanol–water partition coefficient (Wildman–Crippen LogP) is 4.89. The fourth-order valence-electron chi connectivity index (χ4n) is 2.49. The van der Waals surface area contributed by atoms with Gasteiger partial charge in [0.2, 0.25) is 11.7 Å². The third kappa shape index (κ3) is 3.83. The minimum Gasteiger partial charge on any atom is -0.338 e. The van der Waals surface area contributed by atoms with Gasteiger partial charge in [-0.2, -0.15) is 4.98 Å². The average molecular weight is 342 g/mol. The molecule has 0 amide bonds. The predicted molar refractivity (Wildman–Crippen MR) is 95.8 cm³/mol. The van der Waals surface area contributed by atoms with E-state index in [1.54, 1.807) is 0 Å². The molecule has 0 unspecified atom stereocenters. The Bertz CT molecular complexity index is 796. The van der Waals surface area contributed by atoms with Gasteiger partial charge in [0.05, 0.1) is 6.54 Å². The number of aromatic nitrogens is 2. The Labute approximate surface area is 147 Å². The lowest BCUT2D eigenvalue weighted by Crippen LogP contribution is -2.22. The van der Waals surface area contributed by atoms with Crippen LogP contribution in [-0.4, -0.2) is 22.1 Å². The Morgan fingerprint density at radius 1 is 1.08 bits per heavy atom. The maximum Gasteiger partial charge on any atom is 0.241 e. The number of aryl methyl sites for hydroxylation is 1. The molecular formula is C19H20ClN3O. The van der Waals surface area contributed by atoms with Crippen molar-refractivity contribution in [3.05, 3.63) is 70.6 Å². The van der Waals surface area contributed by atoms with Gasteiger partial charge in [-0.25, -0.2) is 0 Å². The molecule has 24 heavy (non-hydrogen) atoms. The highest BCUT2D eigenvalue weighted by atomic mass is 35.5. The number of benzene rings is 2. The lowest BCUT2D eigenvalue weighted by molar-refractivity contribution is 0.216. The number of rotatable bonds is 5. The summed E-state index contributed by atoms with van der Waals surface area (Å²) in [5.74, 6) is 1.18. The summed E-state index contributed by atoms with van der Waals surface area (Å²) in [6, 6.07) is 16.2. The summed E-state index contributed by atoms with van der Waals surface area (Å²) in [6.07, 6.45) is 0. The maximum absolute atomic E-state index is 5.91. The van der Waals surface area contributed by atoms with Crippen LogP contribution in [0.25, 0.3) is 11.4 Å². The standard InChI is InChI=1S/C19H20ClN3O/c1-13-4-6-15(7-5-13)14(2)23(3)12-18-21-19(22-24-18)16-8-10-17(20)11-9-16/h4-11,14H,12H2,1-3H3/t14-/m1/s1. The van der Waals surface area contributed by atoms with Crippen LogP contribution in [0.5, 0.6) is 0 Å². The van der Waals surface area contributed by atoms with E-state index < -0.39 is 0 Å². The smallest absolute Gasteiger partial charge is 0.241 e. The van der Waals surface area contributed by atoms with Gasteiger partial charge in [-0.15, -0.1) is 0 Å². The second kappa shape index (κ2) is 7.16. The van der Waals surface area contributed by atoms with E-state index in [0.29, 0.717) is 23.3 Å². The van der Waals surface area contributed by atoms with Crippen LogP contribution < -0.4 is 0 Å². The largest absolute Gasteiger partial charge is 0.338 e. The lowest BCUT2D eigenvalue weighted by atomic mass is 10.1. The molecule has 0 aliphatic rings. The van der Waals surface area contributed by atoms with E-state index in [4.69, 9.17) is 16.1 Å². The van der Waals surface area contributed by atoms with Crippen LogP contribution >= 0.6 is 11.6 Å². The Balaban J connectivity index is 1.69. The van der Waals surface area contributed by atoms with Crippen LogP contribution in [0.15, 0.2) is 53.1 Å². The Hall–Kier alpha value is -2.17. The molecule has 0 aliphatic carbocycles. The zero-order valence-electron chi connectivity index (χ0n) is 14.0. The number of halogens is 1. The zero-order chi connectivity index (χ0) is 17.1. The lowest BCUT2D eigenvalue weighted by Gasteiger charge is -2.23. The van der Waals surface area contributed by atoms with Crippen LogP contribution in [0, 0.1) is 6.92 Å². The summed E-state index contributed by atoms with van der Waals surface area (Å²) in [7, 11) is 2.05. The van der Waals surface area contributed by atoms with Crippen LogP contribution in [0.3, 0.4) is 0 Å². The van der Waals surface area contributed by atoms with Gasteiger partial charge in [0.1, 0.15) is 0 Å². The molecule has 3 aromatic rings. The van der Waals surface area contributed by atoms with Gasteiger partial charge in [-0.05, 0) is 50.7 Å². The van der Waals surface area contributed by atoms with E-state index in [1.807, 2.05) is 24.3 Å². The fraction of sp³-hybridized carbons (Fsp3) is 0.263. The van der Waals surface area contributed by atoms with E-state index >= 15 is 0 Å². The van der Waals surface area contributed by atoms with Crippen LogP contribution in [0.2, 0.25) is 5.02 Å². The number of hydrogen-bond donors (Lipinski definition) is 0. The van der Waals surface area contributed by atoms with Crippen molar-refractivity contribution in [1.29, 1.82) is 0 Å². The van der Waals surface area contributed by atoms with Gasteiger partial charge < -0.3 is 4.52 Å². The second-order valence-electron chi connectivity index (χ2n) is 6.02. The summed E-state index contributed by atoms with van der Waals surface area (Å²) in [6.45, 7) is 4.85. The van der Waals surface area contributed by atoms with E-state index in [-0.39, 0.29) is 6.04 Å². The number of nitrogens with zero attached hydrogens (tertiary/aromatic N) is 3. The van der Waals surface area contributed by atoms with E-state index in [2.05, 4.69) is 60.2 Å². The molecule has 0 radical (unpaired) electrons. The van der Waals surface area contributed by atoms with Crippen molar-refractivity contribution in [1.82, 2.24) is 15.0 Å². The molecule has 0 bridgehead atoms. The molecule has 1 heterocycles. The molecule has 3 rings (SSSR count). The van der Waals surface area contributed by atoms with Crippen molar-refractivity contribution >= 4 is 11.6 Å². The molecule has 4 nitrogen and oxygen atoms in total. The van der Waals surface area contributed by atoms with Gasteiger partial charge >= 0.3 is 0 Å². The first-order valence-corrected chi connectivity index (χ1v) is 8.26. The highest BCUT2D eigenvalue weighted by Crippen LogP contribution is 2.22.